The van der Waals surface area contributed by atoms with Crippen LogP contribution in [0.2, 0.25) is 5.02 Å². The van der Waals surface area contributed by atoms with Crippen LogP contribution in [-0.2, 0) is 16.1 Å². The molecule has 3 aromatic heterocycles. The number of para-hydroxylation sites is 2. The normalized spacial score (nSPS) is 11.7. The van der Waals surface area contributed by atoms with Gasteiger partial charge in [0.1, 0.15) is 12.1 Å². The number of aromatic nitrogens is 3. The maximum Gasteiger partial charge on any atom is 0.325 e. The smallest absolute Gasteiger partial charge is 0.325 e. The van der Waals surface area contributed by atoms with E-state index in [9.17, 15) is 9.59 Å². The standard InChI is InChI=1S/C29H21ClN4O4/c1-2-37-27(35)17-33-16-19(21-7-4-6-10-24(21)33)15-31-34-28(32-23-9-5-3-8-22(23)29(34)36)26-14-18-13-20(30)11-12-25(18)38-26/h3-16H,2,17H2,1H3. The molecule has 0 aliphatic carbocycles. The molecule has 8 nitrogen and oxygen atoms in total. The van der Waals surface area contributed by atoms with Crippen LogP contribution in [0.5, 0.6) is 0 Å². The maximum atomic E-state index is 13.6. The fourth-order valence-corrected chi connectivity index (χ4v) is 4.67. The Morgan fingerprint density at radius 1 is 1.08 bits per heavy atom. The van der Waals surface area contributed by atoms with E-state index in [1.807, 2.05) is 36.5 Å². The van der Waals surface area contributed by atoms with Gasteiger partial charge in [0.2, 0.25) is 5.82 Å². The molecule has 0 saturated heterocycles. The summed E-state index contributed by atoms with van der Waals surface area (Å²) in [7, 11) is 0. The molecule has 0 saturated carbocycles. The van der Waals surface area contributed by atoms with Gasteiger partial charge < -0.3 is 13.7 Å². The Morgan fingerprint density at radius 3 is 2.71 bits per heavy atom. The average molecular weight is 525 g/mol. The number of ether oxygens (including phenoxy) is 1. The molecule has 3 heterocycles. The molecule has 0 atom stereocenters. The minimum Gasteiger partial charge on any atom is -0.465 e. The molecule has 6 aromatic rings. The fourth-order valence-electron chi connectivity index (χ4n) is 4.49. The molecule has 3 aromatic carbocycles. The second-order valence-corrected chi connectivity index (χ2v) is 9.08. The molecular formula is C29H21ClN4O4. The molecule has 0 spiro atoms. The van der Waals surface area contributed by atoms with Gasteiger partial charge in [-0.05, 0) is 49.4 Å². The lowest BCUT2D eigenvalue weighted by atomic mass is 10.2. The topological polar surface area (TPSA) is 91.6 Å². The lowest BCUT2D eigenvalue weighted by Gasteiger charge is -2.07. The first-order chi connectivity index (χ1) is 18.5. The van der Waals surface area contributed by atoms with Crippen molar-refractivity contribution >= 4 is 56.6 Å². The number of furan rings is 1. The summed E-state index contributed by atoms with van der Waals surface area (Å²) in [5, 5.41) is 7.24. The average Bonchev–Trinajstić information content (AvgIpc) is 3.49. The van der Waals surface area contributed by atoms with E-state index in [-0.39, 0.29) is 23.9 Å². The Bertz CT molecular complexity index is 1930. The lowest BCUT2D eigenvalue weighted by molar-refractivity contribution is -0.143. The monoisotopic (exact) mass is 524 g/mol. The summed E-state index contributed by atoms with van der Waals surface area (Å²) in [6.45, 7) is 2.14. The van der Waals surface area contributed by atoms with Crippen LogP contribution < -0.4 is 5.56 Å². The molecule has 6 rings (SSSR count). The third-order valence-electron chi connectivity index (χ3n) is 6.19. The summed E-state index contributed by atoms with van der Waals surface area (Å²) in [5.41, 5.74) is 2.39. The van der Waals surface area contributed by atoms with Crippen molar-refractivity contribution in [1.29, 1.82) is 0 Å². The Labute approximate surface area is 221 Å². The molecule has 38 heavy (non-hydrogen) atoms. The molecule has 0 N–H and O–H groups in total. The fraction of sp³-hybridized carbons (Fsp3) is 0.103. The zero-order valence-corrected chi connectivity index (χ0v) is 21.1. The van der Waals surface area contributed by atoms with E-state index in [1.54, 1.807) is 60.2 Å². The Morgan fingerprint density at radius 2 is 1.87 bits per heavy atom. The van der Waals surface area contributed by atoms with Crippen LogP contribution in [-0.4, -0.2) is 33.0 Å². The molecule has 0 fully saturated rings. The first kappa shape index (κ1) is 23.7. The van der Waals surface area contributed by atoms with Crippen LogP contribution in [0.25, 0.3) is 44.4 Å². The van der Waals surface area contributed by atoms with E-state index in [2.05, 4.69) is 5.10 Å². The second-order valence-electron chi connectivity index (χ2n) is 8.64. The van der Waals surface area contributed by atoms with Crippen LogP contribution in [0.3, 0.4) is 0 Å². The molecule has 0 amide bonds. The highest BCUT2D eigenvalue weighted by atomic mass is 35.5. The molecular weight excluding hydrogens is 504 g/mol. The van der Waals surface area contributed by atoms with E-state index in [4.69, 9.17) is 25.7 Å². The number of fused-ring (bicyclic) bond motifs is 3. The number of nitrogens with zero attached hydrogens (tertiary/aromatic N) is 4. The van der Waals surface area contributed by atoms with Crippen molar-refractivity contribution in [2.45, 2.75) is 13.5 Å². The third-order valence-corrected chi connectivity index (χ3v) is 6.42. The van der Waals surface area contributed by atoms with Gasteiger partial charge in [-0.2, -0.15) is 9.78 Å². The van der Waals surface area contributed by atoms with Gasteiger partial charge in [-0.15, -0.1) is 0 Å². The van der Waals surface area contributed by atoms with Crippen molar-refractivity contribution in [2.75, 3.05) is 6.61 Å². The first-order valence-electron chi connectivity index (χ1n) is 12.0. The Balaban J connectivity index is 1.51. The molecule has 0 bridgehead atoms. The zero-order chi connectivity index (χ0) is 26.2. The summed E-state index contributed by atoms with van der Waals surface area (Å²) in [6, 6.07) is 21.8. The number of hydrogen-bond acceptors (Lipinski definition) is 6. The predicted octanol–water partition coefficient (Wildman–Crippen LogP) is 5.86. The molecule has 188 valence electrons. The molecule has 0 aliphatic heterocycles. The van der Waals surface area contributed by atoms with E-state index in [1.165, 1.54) is 4.68 Å². The van der Waals surface area contributed by atoms with Gasteiger partial charge in [0.05, 0.1) is 23.7 Å². The van der Waals surface area contributed by atoms with E-state index in [0.29, 0.717) is 33.9 Å². The van der Waals surface area contributed by atoms with Gasteiger partial charge >= 0.3 is 5.97 Å². The number of esters is 1. The van der Waals surface area contributed by atoms with Crippen LogP contribution in [0.1, 0.15) is 12.5 Å². The van der Waals surface area contributed by atoms with Crippen molar-refractivity contribution in [2.24, 2.45) is 5.10 Å². The van der Waals surface area contributed by atoms with E-state index >= 15 is 0 Å². The van der Waals surface area contributed by atoms with Gasteiger partial charge in [-0.1, -0.05) is 41.9 Å². The van der Waals surface area contributed by atoms with Gasteiger partial charge in [0, 0.05) is 33.1 Å². The summed E-state index contributed by atoms with van der Waals surface area (Å²) in [6.07, 6.45) is 3.40. The lowest BCUT2D eigenvalue weighted by Crippen LogP contribution is -2.20. The summed E-state index contributed by atoms with van der Waals surface area (Å²) in [4.78, 5) is 30.5. The zero-order valence-electron chi connectivity index (χ0n) is 20.3. The number of benzene rings is 3. The SMILES string of the molecule is CCOC(=O)Cn1cc(C=Nn2c(-c3cc4cc(Cl)ccc4o3)nc3ccccc3c2=O)c2ccccc21. The minimum absolute atomic E-state index is 0.0620. The number of carbonyl (C=O) groups excluding carboxylic acids is 1. The highest BCUT2D eigenvalue weighted by molar-refractivity contribution is 6.31. The number of halogens is 1. The number of carbonyl (C=O) groups is 1. The highest BCUT2D eigenvalue weighted by Crippen LogP contribution is 2.29. The van der Waals surface area contributed by atoms with Crippen molar-refractivity contribution in [1.82, 2.24) is 14.2 Å². The van der Waals surface area contributed by atoms with Gasteiger partial charge in [-0.3, -0.25) is 9.59 Å². The third kappa shape index (κ3) is 4.25. The first-order valence-corrected chi connectivity index (χ1v) is 12.4. The highest BCUT2D eigenvalue weighted by Gasteiger charge is 2.17. The number of hydrogen-bond donors (Lipinski definition) is 0. The second kappa shape index (κ2) is 9.64. The molecule has 0 unspecified atom stereocenters. The van der Waals surface area contributed by atoms with Gasteiger partial charge in [-0.25, -0.2) is 4.98 Å². The van der Waals surface area contributed by atoms with E-state index < -0.39 is 0 Å². The Kier molecular flexibility index (Phi) is 6.01. The number of rotatable bonds is 6. The predicted molar refractivity (Wildman–Crippen MR) is 148 cm³/mol. The van der Waals surface area contributed by atoms with E-state index in [0.717, 1.165) is 21.9 Å². The van der Waals surface area contributed by atoms with Gasteiger partial charge in [0.15, 0.2) is 5.76 Å². The maximum absolute atomic E-state index is 13.6. The van der Waals surface area contributed by atoms with Crippen LogP contribution in [0.4, 0.5) is 0 Å². The van der Waals surface area contributed by atoms with Gasteiger partial charge in [0.25, 0.3) is 5.56 Å². The van der Waals surface area contributed by atoms with Crippen LogP contribution in [0.15, 0.2) is 93.3 Å². The van der Waals surface area contributed by atoms with Crippen molar-refractivity contribution in [3.8, 4) is 11.6 Å². The summed E-state index contributed by atoms with van der Waals surface area (Å²) < 4.78 is 14.2. The van der Waals surface area contributed by atoms with Crippen molar-refractivity contribution < 1.29 is 13.9 Å². The Hall–Kier alpha value is -4.69. The van der Waals surface area contributed by atoms with Crippen molar-refractivity contribution in [3.05, 3.63) is 99.9 Å². The van der Waals surface area contributed by atoms with Crippen LogP contribution in [0, 0.1) is 0 Å². The summed E-state index contributed by atoms with van der Waals surface area (Å²) in [5.74, 6) is 0.304. The van der Waals surface area contributed by atoms with Crippen LogP contribution >= 0.6 is 11.6 Å². The molecule has 9 heteroatoms. The minimum atomic E-state index is -0.337. The van der Waals surface area contributed by atoms with Crippen molar-refractivity contribution in [3.63, 3.8) is 0 Å². The molecule has 0 aliphatic rings. The largest absolute Gasteiger partial charge is 0.465 e. The quantitative estimate of drug-likeness (QED) is 0.201. The molecule has 0 radical (unpaired) electrons. The summed E-state index contributed by atoms with van der Waals surface area (Å²) >= 11 is 6.16.